The fourth-order valence-corrected chi connectivity index (χ4v) is 2.63. The largest absolute Gasteiger partial charge is 0.416 e. The van der Waals surface area contributed by atoms with Crippen molar-refractivity contribution in [1.82, 2.24) is 5.32 Å². The van der Waals surface area contributed by atoms with Crippen molar-refractivity contribution in [2.45, 2.75) is 50.7 Å². The van der Waals surface area contributed by atoms with Gasteiger partial charge in [0.05, 0.1) is 11.0 Å². The zero-order valence-electron chi connectivity index (χ0n) is 13.3. The fraction of sp³-hybridized carbons (Fsp3) is 0.588. The van der Waals surface area contributed by atoms with Crippen LogP contribution in [-0.2, 0) is 16.4 Å². The van der Waals surface area contributed by atoms with Gasteiger partial charge in [0.1, 0.15) is 0 Å². The summed E-state index contributed by atoms with van der Waals surface area (Å²) < 4.78 is 38.6. The third-order valence-corrected chi connectivity index (χ3v) is 4.43. The first-order chi connectivity index (χ1) is 10.7. The minimum atomic E-state index is -4.43. The quantitative estimate of drug-likeness (QED) is 0.842. The summed E-state index contributed by atoms with van der Waals surface area (Å²) in [7, 11) is 0. The lowest BCUT2D eigenvalue weighted by Crippen LogP contribution is -2.46. The Morgan fingerprint density at radius 3 is 2.43 bits per heavy atom. The van der Waals surface area contributed by atoms with Crippen LogP contribution in [-0.4, -0.2) is 23.7 Å². The molecule has 0 aromatic heterocycles. The maximum atomic E-state index is 12.9. The number of amides is 1. The van der Waals surface area contributed by atoms with Gasteiger partial charge < -0.3 is 10.4 Å². The maximum Gasteiger partial charge on any atom is 0.416 e. The van der Waals surface area contributed by atoms with Gasteiger partial charge in [-0.1, -0.05) is 18.2 Å². The molecule has 1 amide bonds. The Kier molecular flexibility index (Phi) is 5.04. The number of rotatable bonds is 6. The lowest BCUT2D eigenvalue weighted by Gasteiger charge is -2.28. The number of aliphatic hydroxyl groups is 1. The molecule has 0 radical (unpaired) electrons. The Labute approximate surface area is 133 Å². The average Bonchev–Trinajstić information content (AvgIpc) is 3.30. The molecule has 0 spiro atoms. The van der Waals surface area contributed by atoms with Gasteiger partial charge in [-0.05, 0) is 50.7 Å². The molecule has 1 unspecified atom stereocenters. The third kappa shape index (κ3) is 4.25. The number of halogens is 3. The molecule has 128 valence electrons. The van der Waals surface area contributed by atoms with Crippen LogP contribution >= 0.6 is 0 Å². The van der Waals surface area contributed by atoms with Crippen LogP contribution in [0.2, 0.25) is 0 Å². The summed E-state index contributed by atoms with van der Waals surface area (Å²) in [6, 6.07) is 4.76. The van der Waals surface area contributed by atoms with E-state index in [1.807, 2.05) is 0 Å². The van der Waals surface area contributed by atoms with Crippen LogP contribution in [0.5, 0.6) is 0 Å². The van der Waals surface area contributed by atoms with Crippen molar-refractivity contribution in [2.75, 3.05) is 6.61 Å². The fourth-order valence-electron chi connectivity index (χ4n) is 2.63. The van der Waals surface area contributed by atoms with E-state index in [2.05, 4.69) is 5.32 Å². The van der Waals surface area contributed by atoms with Gasteiger partial charge in [-0.15, -0.1) is 0 Å². The Morgan fingerprint density at radius 2 is 1.91 bits per heavy atom. The van der Waals surface area contributed by atoms with E-state index in [9.17, 15) is 18.0 Å². The van der Waals surface area contributed by atoms with Crippen LogP contribution < -0.4 is 5.32 Å². The molecular weight excluding hydrogens is 307 g/mol. The highest BCUT2D eigenvalue weighted by Crippen LogP contribution is 2.36. The average molecular weight is 329 g/mol. The summed E-state index contributed by atoms with van der Waals surface area (Å²) in [5.41, 5.74) is -1.52. The molecule has 1 aliphatic carbocycles. The molecule has 2 rings (SSSR count). The molecular formula is C17H22F3NO2. The minimum Gasteiger partial charge on any atom is -0.396 e. The van der Waals surface area contributed by atoms with E-state index in [1.54, 1.807) is 13.8 Å². The van der Waals surface area contributed by atoms with Gasteiger partial charge in [0, 0.05) is 12.6 Å². The highest BCUT2D eigenvalue weighted by Gasteiger charge is 2.38. The topological polar surface area (TPSA) is 49.3 Å². The normalized spacial score (nSPS) is 17.0. The van der Waals surface area contributed by atoms with E-state index in [0.717, 1.165) is 25.0 Å². The van der Waals surface area contributed by atoms with E-state index < -0.39 is 17.2 Å². The van der Waals surface area contributed by atoms with Crippen molar-refractivity contribution in [1.29, 1.82) is 0 Å². The summed E-state index contributed by atoms with van der Waals surface area (Å²) in [5.74, 6) is 0.0468. The SMILES string of the molecule is CC(C)(C(=O)NC(CCO)C1CC1)c1cccc(C(F)(F)F)c1. The van der Waals surface area contributed by atoms with Crippen molar-refractivity contribution >= 4 is 5.91 Å². The van der Waals surface area contributed by atoms with Crippen LogP contribution in [0, 0.1) is 5.92 Å². The number of nitrogens with one attached hydrogen (secondary N) is 1. The predicted molar refractivity (Wildman–Crippen MR) is 80.8 cm³/mol. The van der Waals surface area contributed by atoms with E-state index in [4.69, 9.17) is 5.11 Å². The van der Waals surface area contributed by atoms with Gasteiger partial charge in [-0.25, -0.2) is 0 Å². The van der Waals surface area contributed by atoms with Gasteiger partial charge in [-0.3, -0.25) is 4.79 Å². The number of hydrogen-bond donors (Lipinski definition) is 2. The monoisotopic (exact) mass is 329 g/mol. The number of alkyl halides is 3. The standard InChI is InChI=1S/C17H22F3NO2/c1-16(2,12-4-3-5-13(10-12)17(18,19)20)15(23)21-14(8-9-22)11-6-7-11/h3-5,10-11,14,22H,6-9H2,1-2H3,(H,21,23). The zero-order valence-corrected chi connectivity index (χ0v) is 13.3. The second kappa shape index (κ2) is 6.51. The predicted octanol–water partition coefficient (Wildman–Crippen LogP) is 3.26. The Balaban J connectivity index is 2.18. The van der Waals surface area contributed by atoms with Crippen molar-refractivity contribution in [3.8, 4) is 0 Å². The molecule has 2 N–H and O–H groups in total. The molecule has 0 heterocycles. The summed E-state index contributed by atoms with van der Waals surface area (Å²) in [6.07, 6.45) is -1.95. The highest BCUT2D eigenvalue weighted by atomic mass is 19.4. The highest BCUT2D eigenvalue weighted by molar-refractivity contribution is 5.87. The van der Waals surface area contributed by atoms with Crippen LogP contribution in [0.15, 0.2) is 24.3 Å². The van der Waals surface area contributed by atoms with Crippen molar-refractivity contribution in [2.24, 2.45) is 5.92 Å². The zero-order chi connectivity index (χ0) is 17.3. The molecule has 1 fully saturated rings. The molecule has 3 nitrogen and oxygen atoms in total. The maximum absolute atomic E-state index is 12.9. The number of hydrogen-bond acceptors (Lipinski definition) is 2. The van der Waals surface area contributed by atoms with Gasteiger partial charge in [0.15, 0.2) is 0 Å². The number of benzene rings is 1. The second-order valence-corrected chi connectivity index (χ2v) is 6.63. The summed E-state index contributed by atoms with van der Waals surface area (Å²) in [6.45, 7) is 3.20. The van der Waals surface area contributed by atoms with Gasteiger partial charge >= 0.3 is 6.18 Å². The first-order valence-corrected chi connectivity index (χ1v) is 7.76. The third-order valence-electron chi connectivity index (χ3n) is 4.43. The Bertz CT molecular complexity index is 565. The lowest BCUT2D eigenvalue weighted by atomic mass is 9.82. The first kappa shape index (κ1) is 17.8. The van der Waals surface area contributed by atoms with Gasteiger partial charge in [0.25, 0.3) is 0 Å². The molecule has 6 heteroatoms. The molecule has 1 aromatic carbocycles. The van der Waals surface area contributed by atoms with Crippen LogP contribution in [0.4, 0.5) is 13.2 Å². The molecule has 1 aromatic rings. The molecule has 1 aliphatic rings. The summed E-state index contributed by atoms with van der Waals surface area (Å²) in [5, 5.41) is 12.0. The smallest absolute Gasteiger partial charge is 0.396 e. The number of carbonyl (C=O) groups is 1. The molecule has 0 aliphatic heterocycles. The van der Waals surface area contributed by atoms with E-state index in [0.29, 0.717) is 17.9 Å². The summed E-state index contributed by atoms with van der Waals surface area (Å²) >= 11 is 0. The van der Waals surface area contributed by atoms with E-state index in [-0.39, 0.29) is 18.6 Å². The second-order valence-electron chi connectivity index (χ2n) is 6.63. The van der Waals surface area contributed by atoms with Gasteiger partial charge in [-0.2, -0.15) is 13.2 Å². The van der Waals surface area contributed by atoms with Crippen LogP contribution in [0.3, 0.4) is 0 Å². The van der Waals surface area contributed by atoms with Crippen molar-refractivity contribution < 1.29 is 23.1 Å². The van der Waals surface area contributed by atoms with Crippen molar-refractivity contribution in [3.63, 3.8) is 0 Å². The molecule has 1 saturated carbocycles. The van der Waals surface area contributed by atoms with Gasteiger partial charge in [0.2, 0.25) is 5.91 Å². The minimum absolute atomic E-state index is 0.0224. The van der Waals surface area contributed by atoms with E-state index in [1.165, 1.54) is 12.1 Å². The first-order valence-electron chi connectivity index (χ1n) is 7.76. The Morgan fingerprint density at radius 1 is 1.30 bits per heavy atom. The number of carbonyl (C=O) groups excluding carboxylic acids is 1. The lowest BCUT2D eigenvalue weighted by molar-refractivity contribution is -0.138. The molecule has 0 bridgehead atoms. The number of aliphatic hydroxyl groups excluding tert-OH is 1. The van der Waals surface area contributed by atoms with Crippen LogP contribution in [0.25, 0.3) is 0 Å². The Hall–Kier alpha value is -1.56. The summed E-state index contributed by atoms with van der Waals surface area (Å²) in [4.78, 5) is 12.6. The molecule has 23 heavy (non-hydrogen) atoms. The molecule has 1 atom stereocenters. The van der Waals surface area contributed by atoms with Crippen LogP contribution in [0.1, 0.15) is 44.2 Å². The van der Waals surface area contributed by atoms with E-state index >= 15 is 0 Å². The van der Waals surface area contributed by atoms with Crippen molar-refractivity contribution in [3.05, 3.63) is 35.4 Å². The molecule has 0 saturated heterocycles.